The van der Waals surface area contributed by atoms with Crippen LogP contribution in [0.25, 0.3) is 0 Å². The van der Waals surface area contributed by atoms with Crippen molar-refractivity contribution < 1.29 is 24.2 Å². The standard InChI is InChI=1S/C17H23NO5/c1-12-6-7-13(14(10-12)22-2)23-11-15(19)18-17(16(20)21)8-4-3-5-9-17/h6-7,10H,3-5,8-9,11H2,1-2H3,(H,18,19)(H,20,21). The summed E-state index contributed by atoms with van der Waals surface area (Å²) in [5.74, 6) is -0.403. The SMILES string of the molecule is COc1cc(C)ccc1OCC(=O)NC1(C(=O)O)CCCCC1. The number of hydrogen-bond donors (Lipinski definition) is 2. The van der Waals surface area contributed by atoms with E-state index in [4.69, 9.17) is 9.47 Å². The number of ether oxygens (including phenoxy) is 2. The van der Waals surface area contributed by atoms with Crippen LogP contribution in [0.2, 0.25) is 0 Å². The van der Waals surface area contributed by atoms with E-state index >= 15 is 0 Å². The second-order valence-corrected chi connectivity index (χ2v) is 5.94. The first-order chi connectivity index (χ1) is 11.0. The van der Waals surface area contributed by atoms with Gasteiger partial charge in [0.2, 0.25) is 0 Å². The van der Waals surface area contributed by atoms with E-state index in [-0.39, 0.29) is 6.61 Å². The van der Waals surface area contributed by atoms with Crippen molar-refractivity contribution in [3.8, 4) is 11.5 Å². The molecule has 0 bridgehead atoms. The van der Waals surface area contributed by atoms with Gasteiger partial charge in [-0.2, -0.15) is 0 Å². The molecule has 0 spiro atoms. The van der Waals surface area contributed by atoms with Gasteiger partial charge in [0.15, 0.2) is 18.1 Å². The fraction of sp³-hybridized carbons (Fsp3) is 0.529. The highest BCUT2D eigenvalue weighted by Gasteiger charge is 2.40. The Morgan fingerprint density at radius 3 is 2.52 bits per heavy atom. The predicted molar refractivity (Wildman–Crippen MR) is 84.8 cm³/mol. The van der Waals surface area contributed by atoms with Gasteiger partial charge in [-0.3, -0.25) is 4.79 Å². The number of carboxylic acid groups (broad SMARTS) is 1. The van der Waals surface area contributed by atoms with Crippen molar-refractivity contribution in [2.45, 2.75) is 44.6 Å². The molecule has 1 aliphatic carbocycles. The Labute approximate surface area is 135 Å². The van der Waals surface area contributed by atoms with Crippen LogP contribution in [0, 0.1) is 6.92 Å². The van der Waals surface area contributed by atoms with Crippen LogP contribution in [0.3, 0.4) is 0 Å². The molecule has 0 aromatic heterocycles. The third-order valence-corrected chi connectivity index (χ3v) is 4.17. The van der Waals surface area contributed by atoms with Crippen molar-refractivity contribution in [2.24, 2.45) is 0 Å². The number of hydrogen-bond acceptors (Lipinski definition) is 4. The van der Waals surface area contributed by atoms with E-state index in [0.29, 0.717) is 24.3 Å². The van der Waals surface area contributed by atoms with Gasteiger partial charge < -0.3 is 19.9 Å². The Kier molecular flexibility index (Phi) is 5.47. The minimum Gasteiger partial charge on any atom is -0.493 e. The Hall–Kier alpha value is -2.24. The second kappa shape index (κ2) is 7.35. The van der Waals surface area contributed by atoms with Gasteiger partial charge in [0, 0.05) is 0 Å². The second-order valence-electron chi connectivity index (χ2n) is 5.94. The zero-order valence-electron chi connectivity index (χ0n) is 13.6. The summed E-state index contributed by atoms with van der Waals surface area (Å²) < 4.78 is 10.7. The molecule has 23 heavy (non-hydrogen) atoms. The summed E-state index contributed by atoms with van der Waals surface area (Å²) in [7, 11) is 1.53. The summed E-state index contributed by atoms with van der Waals surface area (Å²) in [5, 5.41) is 12.1. The lowest BCUT2D eigenvalue weighted by Gasteiger charge is -2.33. The molecule has 0 radical (unpaired) electrons. The first kappa shape index (κ1) is 17.1. The molecule has 0 unspecified atom stereocenters. The van der Waals surface area contributed by atoms with Crippen molar-refractivity contribution in [3.63, 3.8) is 0 Å². The fourth-order valence-corrected chi connectivity index (χ4v) is 2.89. The highest BCUT2D eigenvalue weighted by molar-refractivity contribution is 5.87. The number of carbonyl (C=O) groups is 2. The normalized spacial score (nSPS) is 16.4. The molecule has 0 saturated heterocycles. The lowest BCUT2D eigenvalue weighted by molar-refractivity contribution is -0.149. The zero-order chi connectivity index (χ0) is 16.9. The van der Waals surface area contributed by atoms with Gasteiger partial charge in [-0.25, -0.2) is 4.79 Å². The number of aliphatic carboxylic acids is 1. The molecule has 1 aromatic carbocycles. The third-order valence-electron chi connectivity index (χ3n) is 4.17. The van der Waals surface area contributed by atoms with Crippen LogP contribution in [0.1, 0.15) is 37.7 Å². The molecule has 1 amide bonds. The first-order valence-corrected chi connectivity index (χ1v) is 7.79. The predicted octanol–water partition coefficient (Wildman–Crippen LogP) is 2.29. The van der Waals surface area contributed by atoms with Crippen LogP contribution < -0.4 is 14.8 Å². The van der Waals surface area contributed by atoms with Crippen LogP contribution in [0.4, 0.5) is 0 Å². The number of benzene rings is 1. The molecule has 1 aliphatic rings. The lowest BCUT2D eigenvalue weighted by Crippen LogP contribution is -2.56. The van der Waals surface area contributed by atoms with Gasteiger partial charge in [0.05, 0.1) is 7.11 Å². The average Bonchev–Trinajstić information content (AvgIpc) is 2.54. The smallest absolute Gasteiger partial charge is 0.329 e. The summed E-state index contributed by atoms with van der Waals surface area (Å²) in [5.41, 5.74) is -0.138. The molecule has 0 aliphatic heterocycles. The maximum atomic E-state index is 12.1. The maximum absolute atomic E-state index is 12.1. The minimum absolute atomic E-state index is 0.242. The minimum atomic E-state index is -1.16. The monoisotopic (exact) mass is 321 g/mol. The molecule has 6 heteroatoms. The number of aryl methyl sites for hydroxylation is 1. The molecule has 2 rings (SSSR count). The number of rotatable bonds is 6. The van der Waals surface area contributed by atoms with Gasteiger partial charge in [-0.1, -0.05) is 25.3 Å². The van der Waals surface area contributed by atoms with E-state index in [1.807, 2.05) is 19.1 Å². The largest absolute Gasteiger partial charge is 0.493 e. The molecule has 6 nitrogen and oxygen atoms in total. The number of amides is 1. The Balaban J connectivity index is 1.98. The third kappa shape index (κ3) is 4.15. The highest BCUT2D eigenvalue weighted by Crippen LogP contribution is 2.29. The van der Waals surface area contributed by atoms with Crippen molar-refractivity contribution >= 4 is 11.9 Å². The zero-order valence-corrected chi connectivity index (χ0v) is 13.6. The number of carbonyl (C=O) groups excluding carboxylic acids is 1. The average molecular weight is 321 g/mol. The van der Waals surface area contributed by atoms with E-state index in [1.54, 1.807) is 6.07 Å². The maximum Gasteiger partial charge on any atom is 0.329 e. The Morgan fingerprint density at radius 2 is 1.91 bits per heavy atom. The topological polar surface area (TPSA) is 84.9 Å². The molecule has 126 valence electrons. The van der Waals surface area contributed by atoms with Crippen molar-refractivity contribution in [3.05, 3.63) is 23.8 Å². The number of carboxylic acids is 1. The summed E-state index contributed by atoms with van der Waals surface area (Å²) in [4.78, 5) is 23.7. The van der Waals surface area contributed by atoms with Crippen molar-refractivity contribution in [2.75, 3.05) is 13.7 Å². The van der Waals surface area contributed by atoms with Gasteiger partial charge in [-0.15, -0.1) is 0 Å². The summed E-state index contributed by atoms with van der Waals surface area (Å²) >= 11 is 0. The quantitative estimate of drug-likeness (QED) is 0.839. The molecule has 2 N–H and O–H groups in total. The molecule has 1 fully saturated rings. The summed E-state index contributed by atoms with van der Waals surface area (Å²) in [6, 6.07) is 5.40. The van der Waals surface area contributed by atoms with E-state index in [2.05, 4.69) is 5.32 Å². The highest BCUT2D eigenvalue weighted by atomic mass is 16.5. The van der Waals surface area contributed by atoms with Gasteiger partial charge in [-0.05, 0) is 37.5 Å². The Morgan fingerprint density at radius 1 is 1.22 bits per heavy atom. The van der Waals surface area contributed by atoms with Crippen LogP contribution in [0.5, 0.6) is 11.5 Å². The van der Waals surface area contributed by atoms with E-state index in [9.17, 15) is 14.7 Å². The molecular weight excluding hydrogens is 298 g/mol. The van der Waals surface area contributed by atoms with Crippen LogP contribution in [0.15, 0.2) is 18.2 Å². The van der Waals surface area contributed by atoms with Crippen LogP contribution >= 0.6 is 0 Å². The molecule has 0 heterocycles. The number of methoxy groups -OCH3 is 1. The van der Waals surface area contributed by atoms with Crippen molar-refractivity contribution in [1.29, 1.82) is 0 Å². The molecule has 1 aromatic rings. The van der Waals surface area contributed by atoms with Gasteiger partial charge >= 0.3 is 5.97 Å². The molecular formula is C17H23NO5. The van der Waals surface area contributed by atoms with E-state index in [1.165, 1.54) is 7.11 Å². The molecule has 1 saturated carbocycles. The van der Waals surface area contributed by atoms with E-state index in [0.717, 1.165) is 24.8 Å². The summed E-state index contributed by atoms with van der Waals surface area (Å²) in [6.45, 7) is 1.69. The van der Waals surface area contributed by atoms with Gasteiger partial charge in [0.25, 0.3) is 5.91 Å². The van der Waals surface area contributed by atoms with Crippen molar-refractivity contribution in [1.82, 2.24) is 5.32 Å². The first-order valence-electron chi connectivity index (χ1n) is 7.79. The number of nitrogens with one attached hydrogen (secondary N) is 1. The van der Waals surface area contributed by atoms with E-state index < -0.39 is 17.4 Å². The molecule has 0 atom stereocenters. The lowest BCUT2D eigenvalue weighted by atomic mass is 9.81. The Bertz CT molecular complexity index is 578. The fourth-order valence-electron chi connectivity index (χ4n) is 2.89. The van der Waals surface area contributed by atoms with Gasteiger partial charge in [0.1, 0.15) is 5.54 Å². The van der Waals surface area contributed by atoms with Crippen LogP contribution in [-0.2, 0) is 9.59 Å². The van der Waals surface area contributed by atoms with Crippen LogP contribution in [-0.4, -0.2) is 36.2 Å². The summed E-state index contributed by atoms with van der Waals surface area (Å²) in [6.07, 6.45) is 3.53.